The van der Waals surface area contributed by atoms with Crippen LogP contribution < -0.4 is 10.1 Å². The summed E-state index contributed by atoms with van der Waals surface area (Å²) >= 11 is 0. The lowest BCUT2D eigenvalue weighted by Crippen LogP contribution is -2.45. The van der Waals surface area contributed by atoms with Crippen LogP contribution in [0.25, 0.3) is 0 Å². The van der Waals surface area contributed by atoms with E-state index < -0.39 is 6.04 Å². The van der Waals surface area contributed by atoms with Gasteiger partial charge in [0.2, 0.25) is 17.7 Å². The quantitative estimate of drug-likeness (QED) is 0.860. The summed E-state index contributed by atoms with van der Waals surface area (Å²) in [4.78, 5) is 34.2. The SMILES string of the molecule is Cc1ccc(Oc2ncccc2CNC(=O)[C@@H](C)N2CCCC2=O)cn1. The van der Waals surface area contributed by atoms with Gasteiger partial charge >= 0.3 is 0 Å². The second-order valence-electron chi connectivity index (χ2n) is 6.29. The monoisotopic (exact) mass is 354 g/mol. The Balaban J connectivity index is 1.63. The van der Waals surface area contributed by atoms with Crippen LogP contribution in [0.5, 0.6) is 11.6 Å². The third-order valence-corrected chi connectivity index (χ3v) is 4.36. The molecule has 3 rings (SSSR count). The van der Waals surface area contributed by atoms with Gasteiger partial charge in [-0.1, -0.05) is 6.07 Å². The summed E-state index contributed by atoms with van der Waals surface area (Å²) in [7, 11) is 0. The van der Waals surface area contributed by atoms with E-state index in [1.807, 2.05) is 25.1 Å². The number of pyridine rings is 2. The van der Waals surface area contributed by atoms with Gasteiger partial charge in [0.25, 0.3) is 0 Å². The highest BCUT2D eigenvalue weighted by atomic mass is 16.5. The number of likely N-dealkylation sites (tertiary alicyclic amines) is 1. The number of aromatic nitrogens is 2. The third kappa shape index (κ3) is 4.17. The number of carbonyl (C=O) groups excluding carboxylic acids is 2. The molecule has 0 bridgehead atoms. The summed E-state index contributed by atoms with van der Waals surface area (Å²) in [6.45, 7) is 4.55. The molecule has 0 radical (unpaired) electrons. The molecule has 0 aromatic carbocycles. The number of hydrogen-bond acceptors (Lipinski definition) is 5. The van der Waals surface area contributed by atoms with Crippen LogP contribution in [0.15, 0.2) is 36.7 Å². The van der Waals surface area contributed by atoms with Crippen molar-refractivity contribution in [3.8, 4) is 11.6 Å². The van der Waals surface area contributed by atoms with E-state index >= 15 is 0 Å². The summed E-state index contributed by atoms with van der Waals surface area (Å²) in [6, 6.07) is 6.83. The fraction of sp³-hybridized carbons (Fsp3) is 0.368. The van der Waals surface area contributed by atoms with Gasteiger partial charge in [0.05, 0.1) is 6.20 Å². The zero-order valence-electron chi connectivity index (χ0n) is 14.9. The lowest BCUT2D eigenvalue weighted by Gasteiger charge is -2.23. The van der Waals surface area contributed by atoms with Gasteiger partial charge in [0.1, 0.15) is 11.8 Å². The normalized spacial score (nSPS) is 15.0. The van der Waals surface area contributed by atoms with Crippen molar-refractivity contribution in [2.45, 2.75) is 39.3 Å². The van der Waals surface area contributed by atoms with E-state index in [1.54, 1.807) is 30.3 Å². The Hall–Kier alpha value is -2.96. The van der Waals surface area contributed by atoms with Crippen molar-refractivity contribution in [2.24, 2.45) is 0 Å². The molecule has 3 heterocycles. The molecule has 1 atom stereocenters. The van der Waals surface area contributed by atoms with Crippen molar-refractivity contribution in [1.82, 2.24) is 20.2 Å². The minimum absolute atomic E-state index is 0.0323. The van der Waals surface area contributed by atoms with Crippen molar-refractivity contribution in [2.75, 3.05) is 6.54 Å². The number of hydrogen-bond donors (Lipinski definition) is 1. The maximum atomic E-state index is 12.4. The summed E-state index contributed by atoms with van der Waals surface area (Å²) < 4.78 is 5.78. The highest BCUT2D eigenvalue weighted by Gasteiger charge is 2.29. The van der Waals surface area contributed by atoms with Gasteiger partial charge in [-0.15, -0.1) is 0 Å². The summed E-state index contributed by atoms with van der Waals surface area (Å²) in [5.74, 6) is 0.846. The van der Waals surface area contributed by atoms with Crippen LogP contribution in [0.1, 0.15) is 31.0 Å². The lowest BCUT2D eigenvalue weighted by molar-refractivity contribution is -0.136. The summed E-state index contributed by atoms with van der Waals surface area (Å²) in [5.41, 5.74) is 1.65. The molecule has 0 spiro atoms. The molecule has 1 aliphatic rings. The number of nitrogens with one attached hydrogen (secondary N) is 1. The number of rotatable bonds is 6. The molecule has 0 unspecified atom stereocenters. The average molecular weight is 354 g/mol. The van der Waals surface area contributed by atoms with Gasteiger partial charge in [-0.2, -0.15) is 0 Å². The molecule has 2 aromatic rings. The Kier molecular flexibility index (Phi) is 5.46. The molecular formula is C19H22N4O3. The zero-order chi connectivity index (χ0) is 18.5. The number of ether oxygens (including phenoxy) is 1. The lowest BCUT2D eigenvalue weighted by atomic mass is 10.2. The largest absolute Gasteiger partial charge is 0.437 e. The molecule has 1 N–H and O–H groups in total. The van der Waals surface area contributed by atoms with E-state index in [1.165, 1.54) is 0 Å². The number of amides is 2. The van der Waals surface area contributed by atoms with Crippen molar-refractivity contribution in [3.63, 3.8) is 0 Å². The van der Waals surface area contributed by atoms with Crippen LogP contribution in [0, 0.1) is 6.92 Å². The molecule has 2 aromatic heterocycles. The van der Waals surface area contributed by atoms with Crippen LogP contribution >= 0.6 is 0 Å². The summed E-state index contributed by atoms with van der Waals surface area (Å²) in [5, 5.41) is 2.86. The minimum atomic E-state index is -0.479. The zero-order valence-corrected chi connectivity index (χ0v) is 14.9. The first-order valence-corrected chi connectivity index (χ1v) is 8.66. The van der Waals surface area contributed by atoms with Crippen LogP contribution in [-0.4, -0.2) is 39.3 Å². The molecule has 26 heavy (non-hydrogen) atoms. The summed E-state index contributed by atoms with van der Waals surface area (Å²) in [6.07, 6.45) is 4.59. The van der Waals surface area contributed by atoms with Crippen LogP contribution in [-0.2, 0) is 16.1 Å². The maximum Gasteiger partial charge on any atom is 0.242 e. The Bertz CT molecular complexity index is 792. The van der Waals surface area contributed by atoms with E-state index in [2.05, 4.69) is 15.3 Å². The van der Waals surface area contributed by atoms with Crippen LogP contribution in [0.3, 0.4) is 0 Å². The Morgan fingerprint density at radius 2 is 2.19 bits per heavy atom. The predicted molar refractivity (Wildman–Crippen MR) is 95.5 cm³/mol. The van der Waals surface area contributed by atoms with Crippen LogP contribution in [0.2, 0.25) is 0 Å². The van der Waals surface area contributed by atoms with Crippen molar-refractivity contribution in [1.29, 1.82) is 0 Å². The van der Waals surface area contributed by atoms with Crippen LogP contribution in [0.4, 0.5) is 0 Å². The van der Waals surface area contributed by atoms with Gasteiger partial charge < -0.3 is 15.0 Å². The van der Waals surface area contributed by atoms with E-state index in [4.69, 9.17) is 4.74 Å². The minimum Gasteiger partial charge on any atom is -0.437 e. The molecule has 7 heteroatoms. The smallest absolute Gasteiger partial charge is 0.242 e. The second kappa shape index (κ2) is 7.95. The van der Waals surface area contributed by atoms with Gasteiger partial charge in [-0.25, -0.2) is 4.98 Å². The maximum absolute atomic E-state index is 12.4. The average Bonchev–Trinajstić information content (AvgIpc) is 3.08. The highest BCUT2D eigenvalue weighted by molar-refractivity contribution is 5.88. The van der Waals surface area contributed by atoms with Crippen molar-refractivity contribution in [3.05, 3.63) is 47.9 Å². The van der Waals surface area contributed by atoms with Gasteiger partial charge in [-0.05, 0) is 38.5 Å². The van der Waals surface area contributed by atoms with E-state index in [9.17, 15) is 9.59 Å². The number of aryl methyl sites for hydroxylation is 1. The number of nitrogens with zero attached hydrogens (tertiary/aromatic N) is 3. The molecule has 7 nitrogen and oxygen atoms in total. The Morgan fingerprint density at radius 1 is 1.35 bits per heavy atom. The Labute approximate surface area is 152 Å². The topological polar surface area (TPSA) is 84.4 Å². The first kappa shape index (κ1) is 17.8. The fourth-order valence-electron chi connectivity index (χ4n) is 2.83. The number of carbonyl (C=O) groups is 2. The molecule has 1 aliphatic heterocycles. The standard InChI is InChI=1S/C19H22N4O3/c1-13-7-8-16(12-21-13)26-19-15(5-3-9-20-19)11-22-18(25)14(2)23-10-4-6-17(23)24/h3,5,7-9,12,14H,4,6,10-11H2,1-2H3,(H,22,25)/t14-/m1/s1. The van der Waals surface area contributed by atoms with Gasteiger partial charge in [0.15, 0.2) is 0 Å². The molecule has 1 saturated heterocycles. The molecule has 1 fully saturated rings. The first-order valence-electron chi connectivity index (χ1n) is 8.66. The van der Waals surface area contributed by atoms with Crippen molar-refractivity contribution < 1.29 is 14.3 Å². The third-order valence-electron chi connectivity index (χ3n) is 4.36. The molecule has 2 amide bonds. The van der Waals surface area contributed by atoms with Gasteiger partial charge in [-0.3, -0.25) is 14.6 Å². The molecule has 136 valence electrons. The van der Waals surface area contributed by atoms with E-state index in [-0.39, 0.29) is 18.4 Å². The predicted octanol–water partition coefficient (Wildman–Crippen LogP) is 2.20. The molecule has 0 aliphatic carbocycles. The van der Waals surface area contributed by atoms with Gasteiger partial charge in [0, 0.05) is 37.0 Å². The highest BCUT2D eigenvalue weighted by Crippen LogP contribution is 2.22. The van der Waals surface area contributed by atoms with E-state index in [0.29, 0.717) is 24.6 Å². The second-order valence-corrected chi connectivity index (χ2v) is 6.29. The molecular weight excluding hydrogens is 332 g/mol. The molecule has 0 saturated carbocycles. The fourth-order valence-corrected chi connectivity index (χ4v) is 2.83. The van der Waals surface area contributed by atoms with E-state index in [0.717, 1.165) is 17.7 Å². The Morgan fingerprint density at radius 3 is 2.88 bits per heavy atom. The van der Waals surface area contributed by atoms with Crippen molar-refractivity contribution >= 4 is 11.8 Å². The first-order chi connectivity index (χ1) is 12.5.